The van der Waals surface area contributed by atoms with Crippen molar-refractivity contribution in [1.29, 1.82) is 0 Å². The van der Waals surface area contributed by atoms with Crippen molar-refractivity contribution in [3.05, 3.63) is 21.2 Å². The number of halogens is 2. The van der Waals surface area contributed by atoms with E-state index in [0.29, 0.717) is 11.7 Å². The molecule has 2 unspecified atom stereocenters. The summed E-state index contributed by atoms with van der Waals surface area (Å²) in [7, 11) is 0. The minimum atomic E-state index is -0.513. The van der Waals surface area contributed by atoms with Crippen LogP contribution in [0.2, 0.25) is 5.15 Å². The summed E-state index contributed by atoms with van der Waals surface area (Å²) < 4.78 is 8.73. The van der Waals surface area contributed by atoms with E-state index in [0.717, 1.165) is 14.6 Å². The first-order valence-electron chi connectivity index (χ1n) is 8.56. The van der Waals surface area contributed by atoms with Gasteiger partial charge >= 0.3 is 6.09 Å². The van der Waals surface area contributed by atoms with Crippen LogP contribution in [0.1, 0.15) is 47.6 Å². The van der Waals surface area contributed by atoms with Crippen molar-refractivity contribution in [2.45, 2.75) is 59.2 Å². The fraction of sp³-hybridized carbons (Fsp3) is 0.611. The van der Waals surface area contributed by atoms with E-state index in [1.807, 2.05) is 31.9 Å². The average Bonchev–Trinajstić information content (AvgIpc) is 2.72. The number of ether oxygens (including phenoxy) is 1. The number of fused-ring (bicyclic) bond motifs is 1. The summed E-state index contributed by atoms with van der Waals surface area (Å²) in [6.07, 6.45) is 3.25. The summed E-state index contributed by atoms with van der Waals surface area (Å²) in [6, 6.07) is 0.108. The lowest BCUT2D eigenvalue weighted by molar-refractivity contribution is -0.0586. The summed E-state index contributed by atoms with van der Waals surface area (Å²) in [5.41, 5.74) is 0.178. The Balaban J connectivity index is 1.97. The second kappa shape index (κ2) is 6.51. The van der Waals surface area contributed by atoms with Gasteiger partial charge in [0.15, 0.2) is 0 Å². The highest BCUT2D eigenvalue weighted by molar-refractivity contribution is 14.1. The van der Waals surface area contributed by atoms with Gasteiger partial charge in [-0.1, -0.05) is 32.4 Å². The van der Waals surface area contributed by atoms with Crippen molar-refractivity contribution in [1.82, 2.24) is 19.4 Å². The lowest BCUT2D eigenvalue weighted by atomic mass is 9.76. The lowest BCUT2D eigenvalue weighted by Crippen LogP contribution is -2.64. The van der Waals surface area contributed by atoms with Gasteiger partial charge in [-0.3, -0.25) is 0 Å². The largest absolute Gasteiger partial charge is 0.444 e. The number of rotatable bonds is 1. The van der Waals surface area contributed by atoms with Crippen LogP contribution in [0.15, 0.2) is 12.5 Å². The van der Waals surface area contributed by atoms with Gasteiger partial charge in [0.05, 0.1) is 17.5 Å². The molecule has 1 saturated heterocycles. The Bertz CT molecular complexity index is 853. The van der Waals surface area contributed by atoms with E-state index in [-0.39, 0.29) is 23.6 Å². The number of hydrogen-bond donors (Lipinski definition) is 0. The first kappa shape index (κ1) is 19.7. The van der Waals surface area contributed by atoms with Crippen molar-refractivity contribution in [2.75, 3.05) is 6.54 Å². The molecule has 8 heteroatoms. The fourth-order valence-corrected chi connectivity index (χ4v) is 4.72. The van der Waals surface area contributed by atoms with Crippen molar-refractivity contribution in [3.8, 4) is 0 Å². The third kappa shape index (κ3) is 3.52. The van der Waals surface area contributed by atoms with Crippen molar-refractivity contribution < 1.29 is 9.53 Å². The normalized spacial score (nSPS) is 21.0. The molecule has 1 aliphatic heterocycles. The van der Waals surface area contributed by atoms with E-state index in [2.05, 4.69) is 57.9 Å². The highest BCUT2D eigenvalue weighted by Crippen LogP contribution is 2.44. The van der Waals surface area contributed by atoms with Gasteiger partial charge in [0.25, 0.3) is 0 Å². The second-order valence-electron chi connectivity index (χ2n) is 8.76. The average molecular weight is 491 g/mol. The molecule has 142 valence electrons. The second-order valence-corrected chi connectivity index (χ2v) is 10.3. The molecular formula is C18H24ClIN4O2. The SMILES string of the molecule is CC(C)(C)OC(=O)N1CC(n2cc(I)c3c(Cl)ncnc32)C1C(C)(C)C. The topological polar surface area (TPSA) is 60.2 Å². The fourth-order valence-electron chi connectivity index (χ4n) is 3.54. The number of nitrogens with zero attached hydrogens (tertiary/aromatic N) is 4. The molecule has 0 spiro atoms. The summed E-state index contributed by atoms with van der Waals surface area (Å²) in [6.45, 7) is 12.6. The van der Waals surface area contributed by atoms with Crippen LogP contribution in [0, 0.1) is 8.99 Å². The zero-order valence-corrected chi connectivity index (χ0v) is 18.8. The van der Waals surface area contributed by atoms with Crippen molar-refractivity contribution in [2.24, 2.45) is 5.41 Å². The summed E-state index contributed by atoms with van der Waals surface area (Å²) >= 11 is 8.52. The van der Waals surface area contributed by atoms with Crippen LogP contribution in [-0.4, -0.2) is 43.7 Å². The van der Waals surface area contributed by atoms with Gasteiger partial charge in [-0.25, -0.2) is 14.8 Å². The van der Waals surface area contributed by atoms with Gasteiger partial charge in [0.2, 0.25) is 0 Å². The summed E-state index contributed by atoms with van der Waals surface area (Å²) in [4.78, 5) is 23.0. The summed E-state index contributed by atoms with van der Waals surface area (Å²) in [5.74, 6) is 0. The molecule has 0 saturated carbocycles. The van der Waals surface area contributed by atoms with Gasteiger partial charge in [-0.05, 0) is 48.8 Å². The van der Waals surface area contributed by atoms with Crippen LogP contribution in [0.5, 0.6) is 0 Å². The zero-order chi connectivity index (χ0) is 19.4. The Labute approximate surface area is 172 Å². The lowest BCUT2D eigenvalue weighted by Gasteiger charge is -2.54. The van der Waals surface area contributed by atoms with Crippen LogP contribution in [0.3, 0.4) is 0 Å². The number of hydrogen-bond acceptors (Lipinski definition) is 4. The van der Waals surface area contributed by atoms with Gasteiger partial charge in [0, 0.05) is 16.3 Å². The number of likely N-dealkylation sites (tertiary alicyclic amines) is 1. The van der Waals surface area contributed by atoms with Crippen LogP contribution < -0.4 is 0 Å². The third-order valence-electron chi connectivity index (χ3n) is 4.47. The molecule has 2 aromatic rings. The standard InChI is InChI=1S/C18H24ClIN4O2/c1-17(2,3)13-11(8-24(13)16(25)26-18(4,5)6)23-7-10(20)12-14(19)21-9-22-15(12)23/h7,9,11,13H,8H2,1-6H3. The maximum atomic E-state index is 12.6. The minimum absolute atomic E-state index is 0.00232. The predicted octanol–water partition coefficient (Wildman–Crippen LogP) is 4.90. The molecule has 2 aromatic heterocycles. The Kier molecular flexibility index (Phi) is 4.92. The maximum absolute atomic E-state index is 12.6. The Morgan fingerprint density at radius 3 is 2.50 bits per heavy atom. The quantitative estimate of drug-likeness (QED) is 0.422. The molecule has 3 rings (SSSR count). The Morgan fingerprint density at radius 2 is 1.92 bits per heavy atom. The van der Waals surface area contributed by atoms with Crippen LogP contribution in [0.25, 0.3) is 11.0 Å². The van der Waals surface area contributed by atoms with E-state index < -0.39 is 5.60 Å². The van der Waals surface area contributed by atoms with Gasteiger partial charge in [0.1, 0.15) is 22.7 Å². The molecule has 26 heavy (non-hydrogen) atoms. The van der Waals surface area contributed by atoms with Crippen LogP contribution in [-0.2, 0) is 4.74 Å². The molecule has 3 heterocycles. The Morgan fingerprint density at radius 1 is 1.27 bits per heavy atom. The molecule has 0 aromatic carbocycles. The van der Waals surface area contributed by atoms with E-state index in [4.69, 9.17) is 16.3 Å². The number of carbonyl (C=O) groups excluding carboxylic acids is 1. The monoisotopic (exact) mass is 490 g/mol. The van der Waals surface area contributed by atoms with E-state index in [1.54, 1.807) is 0 Å². The van der Waals surface area contributed by atoms with Crippen LogP contribution >= 0.6 is 34.2 Å². The molecule has 0 N–H and O–H groups in total. The van der Waals surface area contributed by atoms with E-state index in [1.165, 1.54) is 6.33 Å². The minimum Gasteiger partial charge on any atom is -0.444 e. The van der Waals surface area contributed by atoms with E-state index in [9.17, 15) is 4.79 Å². The van der Waals surface area contributed by atoms with Gasteiger partial charge in [-0.15, -0.1) is 0 Å². The molecule has 1 aliphatic rings. The van der Waals surface area contributed by atoms with Crippen LogP contribution in [0.4, 0.5) is 4.79 Å². The smallest absolute Gasteiger partial charge is 0.410 e. The number of aromatic nitrogens is 3. The highest BCUT2D eigenvalue weighted by Gasteiger charge is 2.50. The molecule has 1 fully saturated rings. The predicted molar refractivity (Wildman–Crippen MR) is 110 cm³/mol. The first-order chi connectivity index (χ1) is 11.9. The highest BCUT2D eigenvalue weighted by atomic mass is 127. The summed E-state index contributed by atoms with van der Waals surface area (Å²) in [5, 5.41) is 1.31. The maximum Gasteiger partial charge on any atom is 0.410 e. The number of amides is 1. The molecule has 2 atom stereocenters. The van der Waals surface area contributed by atoms with Crippen molar-refractivity contribution in [3.63, 3.8) is 0 Å². The van der Waals surface area contributed by atoms with E-state index >= 15 is 0 Å². The molecular weight excluding hydrogens is 467 g/mol. The first-order valence-corrected chi connectivity index (χ1v) is 10.0. The van der Waals surface area contributed by atoms with Gasteiger partial charge in [-0.2, -0.15) is 0 Å². The molecule has 0 radical (unpaired) electrons. The molecule has 0 bridgehead atoms. The van der Waals surface area contributed by atoms with Gasteiger partial charge < -0.3 is 14.2 Å². The third-order valence-corrected chi connectivity index (χ3v) is 5.58. The molecule has 6 nitrogen and oxygen atoms in total. The molecule has 1 amide bonds. The number of carbonyl (C=O) groups is 1. The molecule has 0 aliphatic carbocycles. The zero-order valence-electron chi connectivity index (χ0n) is 15.9. The Hall–Kier alpha value is -1.09. The van der Waals surface area contributed by atoms with Crippen molar-refractivity contribution >= 4 is 51.3 Å².